The van der Waals surface area contributed by atoms with Crippen LogP contribution in [0.5, 0.6) is 0 Å². The highest BCUT2D eigenvalue weighted by molar-refractivity contribution is 7.85. The molecule has 0 spiro atoms. The van der Waals surface area contributed by atoms with E-state index in [1.807, 2.05) is 0 Å². The molecular formula is C67H111N5O29S. The fraction of sp³-hybridized carbons (Fsp3) is 0.746. The summed E-state index contributed by atoms with van der Waals surface area (Å²) in [4.78, 5) is 93.1. The maximum absolute atomic E-state index is 13.6. The van der Waals surface area contributed by atoms with E-state index < -0.39 is 101 Å². The number of carbonyl (C=O) groups excluding carboxylic acids is 7. The van der Waals surface area contributed by atoms with Crippen LogP contribution in [0.3, 0.4) is 0 Å². The maximum atomic E-state index is 13.6. The van der Waals surface area contributed by atoms with Crippen molar-refractivity contribution < 1.29 is 137 Å². The Balaban J connectivity index is 1.14. The van der Waals surface area contributed by atoms with Gasteiger partial charge in [-0.3, -0.25) is 43.0 Å². The van der Waals surface area contributed by atoms with E-state index in [2.05, 4.69) is 16.0 Å². The van der Waals surface area contributed by atoms with Gasteiger partial charge in [-0.15, -0.1) is 0 Å². The molecule has 2 heterocycles. The van der Waals surface area contributed by atoms with Crippen molar-refractivity contribution in [3.63, 3.8) is 0 Å². The molecule has 1 fully saturated rings. The van der Waals surface area contributed by atoms with Crippen LogP contribution in [0.2, 0.25) is 0 Å². The molecule has 1 saturated heterocycles. The predicted octanol–water partition coefficient (Wildman–Crippen LogP) is 0.448. The number of likely N-dealkylation sites (tertiary alicyclic amines) is 1. The lowest BCUT2D eigenvalue weighted by Gasteiger charge is -2.27. The van der Waals surface area contributed by atoms with E-state index in [0.29, 0.717) is 228 Å². The van der Waals surface area contributed by atoms with Gasteiger partial charge in [0.15, 0.2) is 0 Å². The van der Waals surface area contributed by atoms with Crippen LogP contribution in [-0.4, -0.2) is 339 Å². The number of ether oxygens (including phenoxy) is 19. The Hall–Kier alpha value is -5.62. The van der Waals surface area contributed by atoms with Crippen molar-refractivity contribution in [1.82, 2.24) is 20.4 Å². The number of nitrogens with one attached hydrogen (secondary N) is 3. The fourth-order valence-corrected chi connectivity index (χ4v) is 9.38. The molecule has 1 aromatic carbocycles. The lowest BCUT2D eigenvalue weighted by Crippen LogP contribution is -2.56. The summed E-state index contributed by atoms with van der Waals surface area (Å²) in [5.74, 6) is -5.96. The molecule has 2 aliphatic heterocycles. The largest absolute Gasteiger partial charge is 0.461 e. The number of benzene rings is 1. The molecule has 2 aliphatic rings. The molecule has 4 atom stereocenters. The van der Waals surface area contributed by atoms with E-state index in [-0.39, 0.29) is 32.7 Å². The van der Waals surface area contributed by atoms with Crippen molar-refractivity contribution >= 4 is 63.3 Å². The minimum atomic E-state index is -4.37. The Kier molecular flexibility index (Phi) is 52.1. The number of methoxy groups -OCH3 is 1. The Morgan fingerprint density at radius 3 is 1.33 bits per heavy atom. The van der Waals surface area contributed by atoms with Crippen LogP contribution in [0, 0.1) is 5.92 Å². The second kappa shape index (κ2) is 58.6. The lowest BCUT2D eigenvalue weighted by atomic mass is 10.0. The fourth-order valence-electron chi connectivity index (χ4n) is 9.06. The number of esters is 1. The summed E-state index contributed by atoms with van der Waals surface area (Å²) in [6.07, 6.45) is 5.57. The van der Waals surface area contributed by atoms with Crippen molar-refractivity contribution in [3.8, 4) is 0 Å². The summed E-state index contributed by atoms with van der Waals surface area (Å²) in [5.41, 5.74) is 1.61. The molecule has 0 aromatic heterocycles. The van der Waals surface area contributed by atoms with Gasteiger partial charge in [-0.1, -0.05) is 39.0 Å². The highest BCUT2D eigenvalue weighted by Crippen LogP contribution is 2.27. The smallest absolute Gasteiger partial charge is 0.305 e. The van der Waals surface area contributed by atoms with E-state index in [1.54, 1.807) is 58.2 Å². The first-order valence-electron chi connectivity index (χ1n) is 34.4. The van der Waals surface area contributed by atoms with Gasteiger partial charge in [0, 0.05) is 37.8 Å². The first-order valence-corrected chi connectivity index (χ1v) is 36.0. The molecular weight excluding hydrogens is 1370 g/mol. The first-order chi connectivity index (χ1) is 49.4. The summed E-state index contributed by atoms with van der Waals surface area (Å²) >= 11 is 0. The van der Waals surface area contributed by atoms with E-state index in [0.717, 1.165) is 22.0 Å². The van der Waals surface area contributed by atoms with Crippen molar-refractivity contribution in [3.05, 3.63) is 47.6 Å². The highest BCUT2D eigenvalue weighted by atomic mass is 32.2. The molecule has 4 N–H and O–H groups in total. The highest BCUT2D eigenvalue weighted by Gasteiger charge is 2.47. The van der Waals surface area contributed by atoms with E-state index in [9.17, 15) is 42.0 Å². The van der Waals surface area contributed by atoms with Gasteiger partial charge in [-0.05, 0) is 36.1 Å². The van der Waals surface area contributed by atoms with E-state index in [1.165, 1.54) is 6.92 Å². The molecule has 34 nitrogen and oxygen atoms in total. The van der Waals surface area contributed by atoms with Crippen LogP contribution >= 0.6 is 0 Å². The Bertz CT molecular complexity index is 2630. The summed E-state index contributed by atoms with van der Waals surface area (Å²) in [5, 5.41) is 8.00. The van der Waals surface area contributed by atoms with Gasteiger partial charge in [0.1, 0.15) is 24.7 Å². The second-order valence-electron chi connectivity index (χ2n) is 22.7. The normalized spacial score (nSPS) is 15.4. The van der Waals surface area contributed by atoms with Crippen LogP contribution in [0.4, 0.5) is 5.69 Å². The molecule has 0 radical (unpaired) electrons. The number of carbonyl (C=O) groups is 7. The Morgan fingerprint density at radius 2 is 0.951 bits per heavy atom. The zero-order chi connectivity index (χ0) is 74.1. The maximum Gasteiger partial charge on any atom is 0.305 e. The van der Waals surface area contributed by atoms with Crippen LogP contribution in [0.25, 0.3) is 6.08 Å². The van der Waals surface area contributed by atoms with Crippen molar-refractivity contribution in [2.75, 3.05) is 256 Å². The number of imide groups is 1. The second-order valence-corrected chi connectivity index (χ2v) is 24.3. The number of rotatable bonds is 68. The zero-order valence-electron chi connectivity index (χ0n) is 59.9. The zero-order valence-corrected chi connectivity index (χ0v) is 60.7. The van der Waals surface area contributed by atoms with Crippen LogP contribution in [0.15, 0.2) is 36.4 Å². The Labute approximate surface area is 598 Å². The summed E-state index contributed by atoms with van der Waals surface area (Å²) < 4.78 is 135. The van der Waals surface area contributed by atoms with Gasteiger partial charge >= 0.3 is 5.97 Å². The van der Waals surface area contributed by atoms with Crippen molar-refractivity contribution in [2.45, 2.75) is 71.3 Å². The molecule has 3 rings (SSSR count). The van der Waals surface area contributed by atoms with Gasteiger partial charge in [0.25, 0.3) is 21.9 Å². The SMILES string of the molecule is CCC(=O)OCc1ccc(NC(=O)[C@H](C)NC(=O)[C@@H](NC(=O)CN2C(=O)[C@@H](N3C(=O)C=CC3=O)C[C@H]2COCCS(=O)(=O)O)C(C)C)cc1/C=C/COCCOCCOCCOCCOCCOCCOCCOCCOCCOCCOCCOCCOCCOCCOCCOCCOC. The molecule has 1 aromatic rings. The summed E-state index contributed by atoms with van der Waals surface area (Å²) in [6, 6.07) is 0.468. The number of amides is 6. The van der Waals surface area contributed by atoms with Crippen molar-refractivity contribution in [2.24, 2.45) is 5.92 Å². The lowest BCUT2D eigenvalue weighted by molar-refractivity contribution is -0.147. The average molecular weight is 1480 g/mol. The monoisotopic (exact) mass is 1480 g/mol. The summed E-state index contributed by atoms with van der Waals surface area (Å²) in [6.45, 7) is 19.7. The minimum Gasteiger partial charge on any atom is -0.461 e. The first kappa shape index (κ1) is 90.6. The molecule has 0 saturated carbocycles. The van der Waals surface area contributed by atoms with Gasteiger partial charge in [-0.2, -0.15) is 8.42 Å². The number of nitrogens with zero attached hydrogens (tertiary/aromatic N) is 2. The molecule has 584 valence electrons. The van der Waals surface area contributed by atoms with Gasteiger partial charge in [0.2, 0.25) is 23.6 Å². The number of hydrogen-bond acceptors (Lipinski definition) is 28. The average Bonchev–Trinajstić information content (AvgIpc) is 1.63. The van der Waals surface area contributed by atoms with Gasteiger partial charge in [-0.25, -0.2) is 0 Å². The third kappa shape index (κ3) is 44.2. The molecule has 0 aliphatic carbocycles. The van der Waals surface area contributed by atoms with Crippen molar-refractivity contribution in [1.29, 1.82) is 0 Å². The summed E-state index contributed by atoms with van der Waals surface area (Å²) in [7, 11) is -2.73. The number of hydrogen-bond donors (Lipinski definition) is 4. The standard InChI is InChI=1S/C67H111N5O29S/c1-6-63(76)101-51-56-9-10-57(69-65(77)54(4)68-66(78)64(53(2)3)70-60(73)50-71-58(52-100-46-47-102(80,81)82)49-59(67(71)79)72-61(74)11-12-62(72)75)48-55(56)8-7-13-84-16-17-86-20-21-88-24-25-90-28-29-92-32-33-94-36-37-96-40-41-98-44-45-99-43-42-97-39-38-95-35-34-93-31-30-91-27-26-89-23-22-87-19-18-85-15-14-83-5/h7-12,48,53-54,58-59,64H,6,13-47,49-52H2,1-5H3,(H,68,78)(H,69,77)(H,70,73)(H,80,81,82)/b8-7+/t54-,58-,59-,64-/m0/s1. The quantitative estimate of drug-likeness (QED) is 0.0298. The van der Waals surface area contributed by atoms with Gasteiger partial charge < -0.3 is 111 Å². The van der Waals surface area contributed by atoms with Crippen LogP contribution in [-0.2, 0) is 140 Å². The van der Waals surface area contributed by atoms with Crippen LogP contribution in [0.1, 0.15) is 51.7 Å². The van der Waals surface area contributed by atoms with E-state index >= 15 is 0 Å². The van der Waals surface area contributed by atoms with Crippen LogP contribution < -0.4 is 16.0 Å². The molecule has 0 unspecified atom stereocenters. The predicted molar refractivity (Wildman–Crippen MR) is 366 cm³/mol. The number of anilines is 1. The van der Waals surface area contributed by atoms with E-state index in [4.69, 9.17) is 94.6 Å². The molecule has 102 heavy (non-hydrogen) atoms. The minimum absolute atomic E-state index is 0.0348. The third-order valence-corrected chi connectivity index (χ3v) is 15.1. The Morgan fingerprint density at radius 1 is 0.549 bits per heavy atom. The third-order valence-electron chi connectivity index (χ3n) is 14.4. The van der Waals surface area contributed by atoms with Gasteiger partial charge in [0.05, 0.1) is 250 Å². The molecule has 0 bridgehead atoms. The molecule has 35 heteroatoms. The molecule has 6 amide bonds. The topological polar surface area (TPSA) is 392 Å².